The molecule has 1 N–H and O–H groups in total. The monoisotopic (exact) mass is 213 g/mol. The lowest BCUT2D eigenvalue weighted by atomic mass is 9.75. The molecule has 15 heavy (non-hydrogen) atoms. The van der Waals surface area contributed by atoms with E-state index < -0.39 is 0 Å². The normalized spacial score (nSPS) is 45.4. The van der Waals surface area contributed by atoms with Gasteiger partial charge in [-0.25, -0.2) is 0 Å². The van der Waals surface area contributed by atoms with Crippen molar-refractivity contribution in [2.45, 2.75) is 57.3 Å². The highest BCUT2D eigenvalue weighted by atomic mass is 16.5. The first-order valence-electron chi connectivity index (χ1n) is 6.14. The minimum absolute atomic E-state index is 0.0232. The van der Waals surface area contributed by atoms with Gasteiger partial charge >= 0.3 is 0 Å². The molecule has 0 bridgehead atoms. The number of hydrogen-bond donors (Lipinski definition) is 1. The van der Waals surface area contributed by atoms with Crippen molar-refractivity contribution in [2.24, 2.45) is 0 Å². The molecule has 1 aliphatic heterocycles. The molecule has 2 rings (SSSR count). The van der Waals surface area contributed by atoms with Gasteiger partial charge in [0.25, 0.3) is 0 Å². The summed E-state index contributed by atoms with van der Waals surface area (Å²) in [5.74, 6) is 0. The molecule has 0 aromatic rings. The Labute approximate surface area is 92.5 Å². The zero-order chi connectivity index (χ0) is 10.9. The van der Waals surface area contributed by atoms with Gasteiger partial charge in [-0.15, -0.1) is 0 Å². The van der Waals surface area contributed by atoms with Crippen LogP contribution in [0.25, 0.3) is 0 Å². The van der Waals surface area contributed by atoms with Gasteiger partial charge in [0, 0.05) is 32.5 Å². The Bertz CT molecular complexity index is 226. The fraction of sp³-hybridized carbons (Fsp3) is 1.00. The van der Waals surface area contributed by atoms with Crippen LogP contribution in [0.2, 0.25) is 0 Å². The molecule has 0 aromatic heterocycles. The first-order chi connectivity index (χ1) is 7.11. The fourth-order valence-electron chi connectivity index (χ4n) is 2.70. The predicted octanol–water partition coefficient (Wildman–Crippen LogP) is 1.71. The lowest BCUT2D eigenvalue weighted by molar-refractivity contribution is -0.240. The maximum absolute atomic E-state index is 6.28. The van der Waals surface area contributed by atoms with Crippen molar-refractivity contribution in [1.82, 2.24) is 5.32 Å². The summed E-state index contributed by atoms with van der Waals surface area (Å²) in [4.78, 5) is 0. The number of hydrogen-bond acceptors (Lipinski definition) is 3. The predicted molar refractivity (Wildman–Crippen MR) is 60.0 cm³/mol. The first kappa shape index (κ1) is 11.4. The summed E-state index contributed by atoms with van der Waals surface area (Å²) >= 11 is 0. The number of rotatable bonds is 3. The quantitative estimate of drug-likeness (QED) is 0.774. The lowest BCUT2D eigenvalue weighted by Gasteiger charge is -2.54. The van der Waals surface area contributed by atoms with Crippen LogP contribution in [-0.2, 0) is 9.47 Å². The van der Waals surface area contributed by atoms with Crippen molar-refractivity contribution in [3.8, 4) is 0 Å². The van der Waals surface area contributed by atoms with E-state index in [2.05, 4.69) is 26.1 Å². The van der Waals surface area contributed by atoms with Gasteiger partial charge < -0.3 is 14.8 Å². The molecular weight excluding hydrogens is 190 g/mol. The van der Waals surface area contributed by atoms with E-state index in [9.17, 15) is 0 Å². The molecule has 1 saturated carbocycles. The molecule has 1 unspecified atom stereocenters. The van der Waals surface area contributed by atoms with Crippen LogP contribution >= 0.6 is 0 Å². The zero-order valence-electron chi connectivity index (χ0n) is 10.1. The van der Waals surface area contributed by atoms with E-state index in [0.717, 1.165) is 39.0 Å². The lowest BCUT2D eigenvalue weighted by Crippen LogP contribution is -2.65. The summed E-state index contributed by atoms with van der Waals surface area (Å²) < 4.78 is 11.9. The second-order valence-electron chi connectivity index (χ2n) is 5.18. The maximum atomic E-state index is 6.28. The van der Waals surface area contributed by atoms with Crippen molar-refractivity contribution < 1.29 is 9.47 Å². The number of morpholine rings is 1. The smallest absolute Gasteiger partial charge is 0.0863 e. The Balaban J connectivity index is 1.89. The van der Waals surface area contributed by atoms with Crippen LogP contribution in [0.15, 0.2) is 0 Å². The molecule has 0 amide bonds. The SMILES string of the molecule is CCOC1CC2(CNCC(C)(CC)O2)C1. The summed E-state index contributed by atoms with van der Waals surface area (Å²) in [5, 5.41) is 3.50. The van der Waals surface area contributed by atoms with Crippen LogP contribution in [0, 0.1) is 0 Å². The van der Waals surface area contributed by atoms with Crippen molar-refractivity contribution in [1.29, 1.82) is 0 Å². The van der Waals surface area contributed by atoms with Gasteiger partial charge in [-0.2, -0.15) is 0 Å². The van der Waals surface area contributed by atoms with Crippen molar-refractivity contribution in [3.63, 3.8) is 0 Å². The van der Waals surface area contributed by atoms with E-state index in [1.807, 2.05) is 0 Å². The highest BCUT2D eigenvalue weighted by molar-refractivity contribution is 5.03. The number of nitrogens with one attached hydrogen (secondary N) is 1. The van der Waals surface area contributed by atoms with Crippen LogP contribution in [0.3, 0.4) is 0 Å². The van der Waals surface area contributed by atoms with E-state index in [1.54, 1.807) is 0 Å². The molecule has 1 spiro atoms. The second-order valence-corrected chi connectivity index (χ2v) is 5.18. The molecule has 0 radical (unpaired) electrons. The van der Waals surface area contributed by atoms with E-state index in [0.29, 0.717) is 6.10 Å². The first-order valence-corrected chi connectivity index (χ1v) is 6.14. The Kier molecular flexibility index (Phi) is 3.06. The third-order valence-electron chi connectivity index (χ3n) is 3.76. The van der Waals surface area contributed by atoms with Crippen LogP contribution in [0.1, 0.15) is 40.0 Å². The Morgan fingerprint density at radius 3 is 2.67 bits per heavy atom. The molecule has 1 saturated heterocycles. The third-order valence-corrected chi connectivity index (χ3v) is 3.76. The van der Waals surface area contributed by atoms with E-state index in [1.165, 1.54) is 0 Å². The van der Waals surface area contributed by atoms with Gasteiger partial charge in [0.15, 0.2) is 0 Å². The zero-order valence-corrected chi connectivity index (χ0v) is 10.1. The Morgan fingerprint density at radius 1 is 1.33 bits per heavy atom. The summed E-state index contributed by atoms with van der Waals surface area (Å²) in [5.41, 5.74) is 0.0955. The maximum Gasteiger partial charge on any atom is 0.0863 e. The summed E-state index contributed by atoms with van der Waals surface area (Å²) in [6.07, 6.45) is 3.62. The van der Waals surface area contributed by atoms with E-state index >= 15 is 0 Å². The highest BCUT2D eigenvalue weighted by Gasteiger charge is 2.51. The van der Waals surface area contributed by atoms with E-state index in [4.69, 9.17) is 9.47 Å². The average Bonchev–Trinajstić information content (AvgIpc) is 2.16. The van der Waals surface area contributed by atoms with E-state index in [-0.39, 0.29) is 11.2 Å². The summed E-state index contributed by atoms with van der Waals surface area (Å²) in [6, 6.07) is 0. The van der Waals surface area contributed by atoms with Crippen LogP contribution in [0.5, 0.6) is 0 Å². The van der Waals surface area contributed by atoms with Crippen molar-refractivity contribution >= 4 is 0 Å². The van der Waals surface area contributed by atoms with Gasteiger partial charge in [0.2, 0.25) is 0 Å². The molecule has 1 heterocycles. The molecule has 88 valence electrons. The van der Waals surface area contributed by atoms with Crippen LogP contribution in [0.4, 0.5) is 0 Å². The Morgan fingerprint density at radius 2 is 2.07 bits per heavy atom. The standard InChI is InChI=1S/C12H23NO2/c1-4-11(3)8-13-9-12(15-11)6-10(7-12)14-5-2/h10,13H,4-9H2,1-3H3. The fourth-order valence-corrected chi connectivity index (χ4v) is 2.70. The molecule has 3 nitrogen and oxygen atoms in total. The second kappa shape index (κ2) is 4.04. The van der Waals surface area contributed by atoms with Gasteiger partial charge in [0.1, 0.15) is 0 Å². The largest absolute Gasteiger partial charge is 0.378 e. The van der Waals surface area contributed by atoms with Crippen molar-refractivity contribution in [3.05, 3.63) is 0 Å². The number of ether oxygens (including phenoxy) is 2. The molecule has 2 fully saturated rings. The summed E-state index contributed by atoms with van der Waals surface area (Å²) in [6.45, 7) is 9.24. The molecule has 3 heteroatoms. The van der Waals surface area contributed by atoms with Gasteiger partial charge in [-0.1, -0.05) is 6.92 Å². The highest BCUT2D eigenvalue weighted by Crippen LogP contribution is 2.42. The Hall–Kier alpha value is -0.120. The van der Waals surface area contributed by atoms with Gasteiger partial charge in [0.05, 0.1) is 17.3 Å². The third kappa shape index (κ3) is 2.19. The summed E-state index contributed by atoms with van der Waals surface area (Å²) in [7, 11) is 0. The van der Waals surface area contributed by atoms with Gasteiger partial charge in [-0.3, -0.25) is 0 Å². The van der Waals surface area contributed by atoms with Crippen LogP contribution in [-0.4, -0.2) is 37.0 Å². The molecule has 1 aliphatic carbocycles. The molecule has 0 aromatic carbocycles. The minimum Gasteiger partial charge on any atom is -0.378 e. The topological polar surface area (TPSA) is 30.5 Å². The minimum atomic E-state index is 0.0232. The van der Waals surface area contributed by atoms with Gasteiger partial charge in [-0.05, 0) is 20.3 Å². The average molecular weight is 213 g/mol. The molecule has 1 atom stereocenters. The molecule has 2 aliphatic rings. The van der Waals surface area contributed by atoms with Crippen molar-refractivity contribution in [2.75, 3.05) is 19.7 Å². The van der Waals surface area contributed by atoms with Crippen LogP contribution < -0.4 is 5.32 Å². The molecular formula is C12H23NO2.